The monoisotopic (exact) mass is 553 g/mol. The van der Waals surface area contributed by atoms with Crippen LogP contribution in [0.3, 0.4) is 0 Å². The van der Waals surface area contributed by atoms with Crippen molar-refractivity contribution in [3.63, 3.8) is 0 Å². The zero-order chi connectivity index (χ0) is 28.9. The lowest BCUT2D eigenvalue weighted by Gasteiger charge is -2.22. The third-order valence-corrected chi connectivity index (χ3v) is 8.04. The molecule has 0 bridgehead atoms. The van der Waals surface area contributed by atoms with Crippen LogP contribution in [0.2, 0.25) is 0 Å². The zero-order valence-electron chi connectivity index (χ0n) is 21.9. The SMILES string of the molecule is CC.O=C(O)c1cc(-c2ccc(C34CCNCC3C4(F)F)cc2)c2ccc(-c3ccc(C(F)(F)F)cc3)cc2c1. The number of alkyl halides is 5. The van der Waals surface area contributed by atoms with Crippen molar-refractivity contribution >= 4 is 16.7 Å². The maximum Gasteiger partial charge on any atom is 0.416 e. The normalized spacial score (nSPS) is 21.2. The van der Waals surface area contributed by atoms with Gasteiger partial charge in [0.25, 0.3) is 5.92 Å². The molecule has 0 aromatic heterocycles. The molecule has 2 fully saturated rings. The number of hydrogen-bond acceptors (Lipinski definition) is 2. The van der Waals surface area contributed by atoms with Crippen molar-refractivity contribution in [1.82, 2.24) is 5.32 Å². The first-order valence-electron chi connectivity index (χ1n) is 13.2. The highest BCUT2D eigenvalue weighted by Gasteiger charge is 2.80. The van der Waals surface area contributed by atoms with Gasteiger partial charge in [-0.15, -0.1) is 0 Å². The zero-order valence-corrected chi connectivity index (χ0v) is 21.9. The predicted molar refractivity (Wildman–Crippen MR) is 146 cm³/mol. The van der Waals surface area contributed by atoms with Gasteiger partial charge in [-0.2, -0.15) is 13.2 Å². The van der Waals surface area contributed by atoms with E-state index in [0.29, 0.717) is 46.2 Å². The molecule has 1 heterocycles. The van der Waals surface area contributed by atoms with E-state index in [0.717, 1.165) is 17.5 Å². The minimum Gasteiger partial charge on any atom is -0.478 e. The molecular formula is C32H28F5NO2. The highest BCUT2D eigenvalue weighted by atomic mass is 19.4. The number of benzene rings is 4. The fraction of sp³-hybridized carbons (Fsp3) is 0.281. The molecular weight excluding hydrogens is 525 g/mol. The summed E-state index contributed by atoms with van der Waals surface area (Å²) >= 11 is 0. The Morgan fingerprint density at radius 2 is 1.50 bits per heavy atom. The van der Waals surface area contributed by atoms with Gasteiger partial charge < -0.3 is 10.4 Å². The number of hydrogen-bond donors (Lipinski definition) is 2. The molecule has 2 N–H and O–H groups in total. The van der Waals surface area contributed by atoms with E-state index in [2.05, 4.69) is 5.32 Å². The Labute approximate surface area is 228 Å². The van der Waals surface area contributed by atoms with Crippen LogP contribution in [-0.2, 0) is 11.6 Å². The Balaban J connectivity index is 0.00000158. The summed E-state index contributed by atoms with van der Waals surface area (Å²) in [5.41, 5.74) is 1.25. The molecule has 1 saturated heterocycles. The van der Waals surface area contributed by atoms with Crippen molar-refractivity contribution in [2.24, 2.45) is 5.92 Å². The number of piperidine rings is 1. The maximum atomic E-state index is 14.7. The predicted octanol–water partition coefficient (Wildman–Crippen LogP) is 8.41. The van der Waals surface area contributed by atoms with Crippen molar-refractivity contribution in [2.45, 2.75) is 37.8 Å². The van der Waals surface area contributed by atoms with Crippen LogP contribution in [-0.4, -0.2) is 30.1 Å². The number of carboxylic acid groups (broad SMARTS) is 1. The van der Waals surface area contributed by atoms with Crippen molar-refractivity contribution in [2.75, 3.05) is 13.1 Å². The lowest BCUT2D eigenvalue weighted by Crippen LogP contribution is -2.31. The van der Waals surface area contributed by atoms with E-state index in [1.165, 1.54) is 18.2 Å². The first-order chi connectivity index (χ1) is 19.0. The number of rotatable bonds is 4. The molecule has 0 radical (unpaired) electrons. The summed E-state index contributed by atoms with van der Waals surface area (Å²) in [6.45, 7) is 4.81. The van der Waals surface area contributed by atoms with E-state index >= 15 is 0 Å². The summed E-state index contributed by atoms with van der Waals surface area (Å²) in [5, 5.41) is 14.1. The highest BCUT2D eigenvalue weighted by molar-refractivity contribution is 6.04. The topological polar surface area (TPSA) is 49.3 Å². The molecule has 4 aromatic rings. The molecule has 8 heteroatoms. The number of nitrogens with one attached hydrogen (secondary N) is 1. The van der Waals surface area contributed by atoms with Crippen LogP contribution < -0.4 is 5.32 Å². The molecule has 40 heavy (non-hydrogen) atoms. The third kappa shape index (κ3) is 4.44. The Bertz CT molecular complexity index is 1560. The van der Waals surface area contributed by atoms with Crippen LogP contribution in [0.25, 0.3) is 33.0 Å². The molecule has 1 aliphatic heterocycles. The van der Waals surface area contributed by atoms with E-state index in [1.54, 1.807) is 48.5 Å². The van der Waals surface area contributed by atoms with Crippen LogP contribution in [0.4, 0.5) is 22.0 Å². The van der Waals surface area contributed by atoms with Gasteiger partial charge in [0.05, 0.1) is 22.5 Å². The van der Waals surface area contributed by atoms with Gasteiger partial charge in [-0.05, 0) is 81.9 Å². The minimum absolute atomic E-state index is 0.0480. The van der Waals surface area contributed by atoms with Gasteiger partial charge in [-0.25, -0.2) is 13.6 Å². The van der Waals surface area contributed by atoms with Gasteiger partial charge in [-0.1, -0.05) is 62.4 Å². The van der Waals surface area contributed by atoms with Crippen molar-refractivity contribution in [3.05, 3.63) is 95.6 Å². The van der Waals surface area contributed by atoms with Gasteiger partial charge in [0.2, 0.25) is 0 Å². The number of fused-ring (bicyclic) bond motifs is 2. The van der Waals surface area contributed by atoms with Crippen LogP contribution in [0.15, 0.2) is 78.9 Å². The number of carboxylic acids is 1. The average Bonchev–Trinajstić information content (AvgIpc) is 3.48. The molecule has 2 unspecified atom stereocenters. The lowest BCUT2D eigenvalue weighted by atomic mass is 9.86. The standard InChI is InChI=1S/C30H22F5NO2.C2H6/c31-29(32)26-16-36-12-11-28(26,29)22-6-3-18(4-7-22)25-15-21(27(37)38)14-20-13-19(5-10-24(20)25)17-1-8-23(9-2-17)30(33,34)35;1-2/h1-10,13-15,26,36H,11-12,16H2,(H,37,38);1-2H3. The average molecular weight is 554 g/mol. The van der Waals surface area contributed by atoms with Gasteiger partial charge >= 0.3 is 12.1 Å². The Morgan fingerprint density at radius 3 is 2.10 bits per heavy atom. The van der Waals surface area contributed by atoms with Crippen molar-refractivity contribution in [1.29, 1.82) is 0 Å². The van der Waals surface area contributed by atoms with Crippen molar-refractivity contribution in [3.8, 4) is 22.3 Å². The van der Waals surface area contributed by atoms with Crippen LogP contribution in [0, 0.1) is 5.92 Å². The first-order valence-corrected chi connectivity index (χ1v) is 13.2. The second-order valence-electron chi connectivity index (χ2n) is 10.0. The molecule has 6 rings (SSSR count). The quantitative estimate of drug-likeness (QED) is 0.250. The van der Waals surface area contributed by atoms with E-state index in [1.807, 2.05) is 13.8 Å². The van der Waals surface area contributed by atoms with Gasteiger partial charge in [0.1, 0.15) is 0 Å². The molecule has 4 aromatic carbocycles. The summed E-state index contributed by atoms with van der Waals surface area (Å²) in [7, 11) is 0. The minimum atomic E-state index is -4.44. The fourth-order valence-electron chi connectivity index (χ4n) is 5.96. The van der Waals surface area contributed by atoms with E-state index < -0.39 is 35.0 Å². The smallest absolute Gasteiger partial charge is 0.416 e. The van der Waals surface area contributed by atoms with Gasteiger partial charge in [0.15, 0.2) is 0 Å². The largest absolute Gasteiger partial charge is 0.478 e. The van der Waals surface area contributed by atoms with Crippen LogP contribution in [0.5, 0.6) is 0 Å². The Hall–Kier alpha value is -3.78. The van der Waals surface area contributed by atoms with Crippen molar-refractivity contribution < 1.29 is 31.9 Å². The summed E-state index contributed by atoms with van der Waals surface area (Å²) in [4.78, 5) is 11.9. The number of aromatic carboxylic acids is 1. The highest BCUT2D eigenvalue weighted by Crippen LogP contribution is 2.69. The Kier molecular flexibility index (Phi) is 6.94. The summed E-state index contributed by atoms with van der Waals surface area (Å²) < 4.78 is 68.3. The summed E-state index contributed by atoms with van der Waals surface area (Å²) in [6.07, 6.45) is -4.08. The van der Waals surface area contributed by atoms with Gasteiger partial charge in [0, 0.05) is 6.54 Å². The number of carbonyl (C=O) groups is 1. The fourth-order valence-corrected chi connectivity index (χ4v) is 5.96. The molecule has 2 atom stereocenters. The lowest BCUT2D eigenvalue weighted by molar-refractivity contribution is -0.137. The molecule has 0 amide bonds. The van der Waals surface area contributed by atoms with E-state index in [-0.39, 0.29) is 12.1 Å². The summed E-state index contributed by atoms with van der Waals surface area (Å²) in [6, 6.07) is 20.1. The molecule has 3 nitrogen and oxygen atoms in total. The molecule has 2 aliphatic rings. The molecule has 1 saturated carbocycles. The first kappa shape index (κ1) is 27.8. The molecule has 208 valence electrons. The molecule has 0 spiro atoms. The summed E-state index contributed by atoms with van der Waals surface area (Å²) in [5.74, 6) is -4.61. The second kappa shape index (κ2) is 10.0. The Morgan fingerprint density at radius 1 is 0.875 bits per heavy atom. The van der Waals surface area contributed by atoms with Crippen LogP contribution >= 0.6 is 0 Å². The molecule has 1 aliphatic carbocycles. The van der Waals surface area contributed by atoms with Crippen LogP contribution in [0.1, 0.15) is 41.8 Å². The maximum absolute atomic E-state index is 14.7. The van der Waals surface area contributed by atoms with Gasteiger partial charge in [-0.3, -0.25) is 0 Å². The third-order valence-electron chi connectivity index (χ3n) is 8.04. The van der Waals surface area contributed by atoms with E-state index in [4.69, 9.17) is 0 Å². The second-order valence-corrected chi connectivity index (χ2v) is 10.0. The number of halogens is 5. The van der Waals surface area contributed by atoms with E-state index in [9.17, 15) is 31.9 Å².